The highest BCUT2D eigenvalue weighted by Gasteiger charge is 2.36. The lowest BCUT2D eigenvalue weighted by Crippen LogP contribution is -2.48. The topological polar surface area (TPSA) is 59.2 Å². The Balaban J connectivity index is 1.37. The van der Waals surface area contributed by atoms with Crippen molar-refractivity contribution in [3.8, 4) is 0 Å². The summed E-state index contributed by atoms with van der Waals surface area (Å²) in [5.74, 6) is 1.34. The first kappa shape index (κ1) is 15.8. The van der Waals surface area contributed by atoms with Crippen LogP contribution in [0, 0.1) is 0 Å². The molecule has 1 fully saturated rings. The summed E-state index contributed by atoms with van der Waals surface area (Å²) in [5, 5.41) is 4.61. The van der Waals surface area contributed by atoms with Crippen LogP contribution in [0.3, 0.4) is 0 Å². The summed E-state index contributed by atoms with van der Waals surface area (Å²) in [6, 6.07) is 17.0. The molecule has 5 nitrogen and oxygen atoms in total. The number of benzene rings is 2. The number of rotatable bonds is 4. The van der Waals surface area contributed by atoms with Crippen molar-refractivity contribution in [3.05, 3.63) is 82.5 Å². The highest BCUT2D eigenvalue weighted by atomic mass is 35.5. The van der Waals surface area contributed by atoms with E-state index in [-0.39, 0.29) is 11.8 Å². The van der Waals surface area contributed by atoms with E-state index in [2.05, 4.69) is 10.1 Å². The van der Waals surface area contributed by atoms with Crippen molar-refractivity contribution in [1.82, 2.24) is 15.0 Å². The van der Waals surface area contributed by atoms with Crippen molar-refractivity contribution in [1.29, 1.82) is 0 Å². The van der Waals surface area contributed by atoms with E-state index in [9.17, 15) is 4.79 Å². The van der Waals surface area contributed by atoms with Crippen LogP contribution in [0.1, 0.15) is 33.6 Å². The largest absolute Gasteiger partial charge is 0.339 e. The lowest BCUT2D eigenvalue weighted by Gasteiger charge is -2.37. The highest BCUT2D eigenvalue weighted by molar-refractivity contribution is 6.30. The van der Waals surface area contributed by atoms with Gasteiger partial charge < -0.3 is 9.42 Å². The number of carbonyl (C=O) groups excluding carboxylic acids is 1. The first-order chi connectivity index (χ1) is 12.2. The monoisotopic (exact) mass is 353 g/mol. The van der Waals surface area contributed by atoms with Gasteiger partial charge in [0.1, 0.15) is 0 Å². The SMILES string of the molecule is O=C(c1cccc(Cl)c1)N1CC(c2nc(Cc3ccccc3)no2)C1. The number of amides is 1. The smallest absolute Gasteiger partial charge is 0.253 e. The van der Waals surface area contributed by atoms with Gasteiger partial charge in [-0.25, -0.2) is 0 Å². The van der Waals surface area contributed by atoms with Gasteiger partial charge in [-0.05, 0) is 23.8 Å². The molecule has 0 bridgehead atoms. The number of hydrogen-bond donors (Lipinski definition) is 0. The Labute approximate surface area is 150 Å². The van der Waals surface area contributed by atoms with Crippen LogP contribution in [-0.4, -0.2) is 34.0 Å². The lowest BCUT2D eigenvalue weighted by molar-refractivity contribution is 0.0569. The quantitative estimate of drug-likeness (QED) is 0.719. The second kappa shape index (κ2) is 6.69. The summed E-state index contributed by atoms with van der Waals surface area (Å²) < 4.78 is 5.37. The molecule has 6 heteroatoms. The minimum atomic E-state index is -0.0252. The molecule has 25 heavy (non-hydrogen) atoms. The molecular weight excluding hydrogens is 338 g/mol. The molecule has 0 aliphatic carbocycles. The van der Waals surface area contributed by atoms with E-state index < -0.39 is 0 Å². The van der Waals surface area contributed by atoms with E-state index in [1.165, 1.54) is 0 Å². The van der Waals surface area contributed by atoms with Crippen LogP contribution in [0.4, 0.5) is 0 Å². The van der Waals surface area contributed by atoms with Crippen molar-refractivity contribution in [2.75, 3.05) is 13.1 Å². The number of nitrogens with zero attached hydrogens (tertiary/aromatic N) is 3. The summed E-state index contributed by atoms with van der Waals surface area (Å²) in [7, 11) is 0. The third-order valence-corrected chi connectivity index (χ3v) is 4.51. The Bertz CT molecular complexity index is 888. The van der Waals surface area contributed by atoms with E-state index >= 15 is 0 Å². The first-order valence-corrected chi connectivity index (χ1v) is 8.48. The molecule has 0 spiro atoms. The number of aromatic nitrogens is 2. The van der Waals surface area contributed by atoms with Crippen LogP contribution in [0.15, 0.2) is 59.1 Å². The van der Waals surface area contributed by atoms with Crippen molar-refractivity contribution in [3.63, 3.8) is 0 Å². The molecule has 1 aliphatic rings. The molecule has 1 aromatic heterocycles. The third kappa shape index (κ3) is 3.42. The molecule has 0 saturated carbocycles. The molecule has 0 unspecified atom stereocenters. The van der Waals surface area contributed by atoms with Crippen LogP contribution in [0.2, 0.25) is 5.02 Å². The number of hydrogen-bond acceptors (Lipinski definition) is 4. The van der Waals surface area contributed by atoms with Crippen molar-refractivity contribution < 1.29 is 9.32 Å². The summed E-state index contributed by atoms with van der Waals surface area (Å²) in [6.45, 7) is 1.16. The second-order valence-corrected chi connectivity index (χ2v) is 6.57. The predicted octanol–water partition coefficient (Wildman–Crippen LogP) is 3.55. The number of carbonyl (C=O) groups is 1. The zero-order valence-corrected chi connectivity index (χ0v) is 14.2. The van der Waals surface area contributed by atoms with Crippen molar-refractivity contribution >= 4 is 17.5 Å². The Kier molecular flexibility index (Phi) is 4.24. The van der Waals surface area contributed by atoms with Crippen molar-refractivity contribution in [2.24, 2.45) is 0 Å². The average Bonchev–Trinajstić information content (AvgIpc) is 3.02. The Morgan fingerprint density at radius 1 is 1.16 bits per heavy atom. The fraction of sp³-hybridized carbons (Fsp3) is 0.211. The summed E-state index contributed by atoms with van der Waals surface area (Å²) >= 11 is 5.94. The summed E-state index contributed by atoms with van der Waals surface area (Å²) in [5.41, 5.74) is 1.74. The van der Waals surface area contributed by atoms with Gasteiger partial charge in [-0.3, -0.25) is 4.79 Å². The maximum Gasteiger partial charge on any atom is 0.253 e. The van der Waals surface area contributed by atoms with Crippen molar-refractivity contribution in [2.45, 2.75) is 12.3 Å². The molecule has 1 saturated heterocycles. The van der Waals surface area contributed by atoms with Gasteiger partial charge in [-0.15, -0.1) is 0 Å². The van der Waals surface area contributed by atoms with Gasteiger partial charge in [-0.1, -0.05) is 53.2 Å². The average molecular weight is 354 g/mol. The molecule has 3 aromatic rings. The van der Waals surface area contributed by atoms with Crippen LogP contribution in [0.5, 0.6) is 0 Å². The fourth-order valence-corrected chi connectivity index (χ4v) is 3.08. The molecule has 1 amide bonds. The number of halogens is 1. The summed E-state index contributed by atoms with van der Waals surface area (Å²) in [4.78, 5) is 18.6. The second-order valence-electron chi connectivity index (χ2n) is 6.13. The van der Waals surface area contributed by atoms with Gasteiger partial charge in [0.2, 0.25) is 5.89 Å². The predicted molar refractivity (Wildman–Crippen MR) is 93.6 cm³/mol. The minimum absolute atomic E-state index is 0.0252. The Morgan fingerprint density at radius 2 is 1.96 bits per heavy atom. The molecule has 126 valence electrons. The minimum Gasteiger partial charge on any atom is -0.339 e. The molecule has 4 rings (SSSR count). The maximum atomic E-state index is 12.4. The molecule has 2 aromatic carbocycles. The highest BCUT2D eigenvalue weighted by Crippen LogP contribution is 2.28. The van der Waals surface area contributed by atoms with Gasteiger partial charge in [-0.2, -0.15) is 4.98 Å². The van der Waals surface area contributed by atoms with E-state index in [0.29, 0.717) is 41.8 Å². The van der Waals surface area contributed by atoms with E-state index in [1.807, 2.05) is 30.3 Å². The molecule has 0 radical (unpaired) electrons. The standard InChI is InChI=1S/C19H16ClN3O2/c20-16-8-4-7-14(10-16)19(24)23-11-15(12-23)18-21-17(22-25-18)9-13-5-2-1-3-6-13/h1-8,10,15H,9,11-12H2. The molecule has 0 N–H and O–H groups in total. The molecule has 0 atom stereocenters. The van der Waals surface area contributed by atoms with Crippen LogP contribution in [0.25, 0.3) is 0 Å². The van der Waals surface area contributed by atoms with Gasteiger partial charge in [0, 0.05) is 30.1 Å². The lowest BCUT2D eigenvalue weighted by atomic mass is 9.98. The van der Waals surface area contributed by atoms with Crippen LogP contribution >= 0.6 is 11.6 Å². The van der Waals surface area contributed by atoms with E-state index in [4.69, 9.17) is 16.1 Å². The zero-order chi connectivity index (χ0) is 17.2. The maximum absolute atomic E-state index is 12.4. The number of likely N-dealkylation sites (tertiary alicyclic amines) is 1. The molecule has 2 heterocycles. The Hall–Kier alpha value is -2.66. The van der Waals surface area contributed by atoms with Crippen LogP contribution in [-0.2, 0) is 6.42 Å². The zero-order valence-electron chi connectivity index (χ0n) is 13.4. The summed E-state index contributed by atoms with van der Waals surface area (Å²) in [6.07, 6.45) is 0.641. The van der Waals surface area contributed by atoms with E-state index in [0.717, 1.165) is 5.56 Å². The van der Waals surface area contributed by atoms with Gasteiger partial charge in [0.05, 0.1) is 5.92 Å². The van der Waals surface area contributed by atoms with Crippen LogP contribution < -0.4 is 0 Å². The van der Waals surface area contributed by atoms with Gasteiger partial charge >= 0.3 is 0 Å². The molecule has 1 aliphatic heterocycles. The van der Waals surface area contributed by atoms with Gasteiger partial charge in [0.25, 0.3) is 5.91 Å². The normalized spacial score (nSPS) is 14.4. The first-order valence-electron chi connectivity index (χ1n) is 8.10. The molecular formula is C19H16ClN3O2. The third-order valence-electron chi connectivity index (χ3n) is 4.28. The van der Waals surface area contributed by atoms with E-state index in [1.54, 1.807) is 29.2 Å². The van der Waals surface area contributed by atoms with Gasteiger partial charge in [0.15, 0.2) is 5.82 Å². The fourth-order valence-electron chi connectivity index (χ4n) is 2.89. The Morgan fingerprint density at radius 3 is 2.72 bits per heavy atom.